The number of benzene rings is 1. The Morgan fingerprint density at radius 2 is 1.41 bits per heavy atom. The maximum atomic E-state index is 6.41. The van der Waals surface area contributed by atoms with Crippen molar-refractivity contribution in [2.45, 2.75) is 0 Å². The summed E-state index contributed by atoms with van der Waals surface area (Å²) >= 11 is 6.41. The first kappa shape index (κ1) is 25.5. The average Bonchev–Trinajstić information content (AvgIpc) is 3.41. The number of halogens is 1. The van der Waals surface area contributed by atoms with Crippen molar-refractivity contribution in [1.29, 1.82) is 0 Å². The highest BCUT2D eigenvalue weighted by Crippen LogP contribution is 2.38. The van der Waals surface area contributed by atoms with Crippen LogP contribution in [0.1, 0.15) is 0 Å². The monoisotopic (exact) mass is 548 g/mol. The van der Waals surface area contributed by atoms with Crippen LogP contribution in [0.2, 0.25) is 5.02 Å². The molecule has 4 aromatic rings. The minimum absolute atomic E-state index is 0.517. The fraction of sp³-hybridized carbons (Fsp3) is 0.393. The lowest BCUT2D eigenvalue weighted by molar-refractivity contribution is 0.312. The fourth-order valence-corrected chi connectivity index (χ4v) is 5.51. The lowest BCUT2D eigenvalue weighted by Gasteiger charge is -2.37. The lowest BCUT2D eigenvalue weighted by Crippen LogP contribution is -2.47. The van der Waals surface area contributed by atoms with Crippen molar-refractivity contribution >= 4 is 34.6 Å². The van der Waals surface area contributed by atoms with Crippen LogP contribution in [0, 0.1) is 0 Å². The van der Waals surface area contributed by atoms with Gasteiger partial charge in [-0.1, -0.05) is 11.6 Å². The summed E-state index contributed by atoms with van der Waals surface area (Å²) in [5.41, 5.74) is 3.63. The van der Waals surface area contributed by atoms with E-state index in [1.54, 1.807) is 26.6 Å². The maximum absolute atomic E-state index is 6.41. The minimum Gasteiger partial charge on any atom is -0.496 e. The van der Waals surface area contributed by atoms with Gasteiger partial charge in [0, 0.05) is 94.2 Å². The van der Waals surface area contributed by atoms with Crippen LogP contribution in [0.5, 0.6) is 11.5 Å². The predicted molar refractivity (Wildman–Crippen MR) is 155 cm³/mol. The molecule has 11 heteroatoms. The Bertz CT molecular complexity index is 1460. The topological polar surface area (TPSA) is 74.5 Å². The number of methoxy groups -OCH3 is 2. The molecule has 0 aliphatic carbocycles. The second-order valence-corrected chi connectivity index (χ2v) is 10.4. The highest BCUT2D eigenvalue weighted by Gasteiger charge is 2.22. The molecule has 0 atom stereocenters. The van der Waals surface area contributed by atoms with Gasteiger partial charge in [0.2, 0.25) is 0 Å². The first-order chi connectivity index (χ1) is 19.0. The summed E-state index contributed by atoms with van der Waals surface area (Å²) in [6.07, 6.45) is 5.74. The lowest BCUT2D eigenvalue weighted by atomic mass is 10.1. The third kappa shape index (κ3) is 5.14. The molecule has 204 valence electrons. The Morgan fingerprint density at radius 1 is 0.769 bits per heavy atom. The molecule has 0 radical (unpaired) electrons. The van der Waals surface area contributed by atoms with Crippen LogP contribution in [-0.2, 0) is 0 Å². The molecule has 0 bridgehead atoms. The highest BCUT2D eigenvalue weighted by atomic mass is 35.5. The molecule has 10 nitrogen and oxygen atoms in total. The Kier molecular flexibility index (Phi) is 7.05. The molecule has 2 aliphatic rings. The van der Waals surface area contributed by atoms with E-state index in [-0.39, 0.29) is 0 Å². The fourth-order valence-electron chi connectivity index (χ4n) is 5.27. The summed E-state index contributed by atoms with van der Waals surface area (Å²) in [5.74, 6) is 3.25. The zero-order valence-corrected chi connectivity index (χ0v) is 23.3. The summed E-state index contributed by atoms with van der Waals surface area (Å²) in [6.45, 7) is 7.70. The van der Waals surface area contributed by atoms with Gasteiger partial charge < -0.3 is 33.5 Å². The van der Waals surface area contributed by atoms with Gasteiger partial charge in [0.15, 0.2) is 0 Å². The van der Waals surface area contributed by atoms with E-state index < -0.39 is 0 Å². The normalized spacial score (nSPS) is 16.7. The number of anilines is 3. The highest BCUT2D eigenvalue weighted by molar-refractivity contribution is 6.32. The van der Waals surface area contributed by atoms with Gasteiger partial charge in [0.05, 0.1) is 24.9 Å². The second kappa shape index (κ2) is 10.8. The number of piperazine rings is 2. The third-order valence-electron chi connectivity index (χ3n) is 7.63. The molecule has 5 heterocycles. The van der Waals surface area contributed by atoms with Crippen molar-refractivity contribution in [2.75, 3.05) is 88.3 Å². The van der Waals surface area contributed by atoms with Gasteiger partial charge in [0.1, 0.15) is 35.1 Å². The zero-order chi connectivity index (χ0) is 26.9. The van der Waals surface area contributed by atoms with E-state index in [4.69, 9.17) is 26.1 Å². The van der Waals surface area contributed by atoms with E-state index in [1.165, 1.54) is 0 Å². The maximum Gasteiger partial charge on any atom is 0.141 e. The van der Waals surface area contributed by atoms with Gasteiger partial charge in [-0.15, -0.1) is 0 Å². The minimum atomic E-state index is 0.517. The Balaban J connectivity index is 1.16. The van der Waals surface area contributed by atoms with Gasteiger partial charge in [-0.3, -0.25) is 0 Å². The molecule has 6 rings (SSSR count). The largest absolute Gasteiger partial charge is 0.496 e. The number of fused-ring (bicyclic) bond motifs is 1. The molecule has 0 saturated carbocycles. The van der Waals surface area contributed by atoms with Crippen LogP contribution in [0.3, 0.4) is 0 Å². The first-order valence-electron chi connectivity index (χ1n) is 13.2. The number of hydrogen-bond acceptors (Lipinski definition) is 9. The summed E-state index contributed by atoms with van der Waals surface area (Å²) in [7, 11) is 5.39. The molecule has 1 aromatic carbocycles. The average molecular weight is 549 g/mol. The van der Waals surface area contributed by atoms with Crippen molar-refractivity contribution in [2.24, 2.45) is 0 Å². The Hall–Kier alpha value is -3.76. The number of aromatic nitrogens is 4. The number of pyridine rings is 1. The van der Waals surface area contributed by atoms with Crippen molar-refractivity contribution in [3.05, 3.63) is 54.1 Å². The molecular weight excluding hydrogens is 516 g/mol. The number of rotatable bonds is 6. The van der Waals surface area contributed by atoms with Crippen molar-refractivity contribution in [3.8, 4) is 22.8 Å². The number of nitrogens with zero attached hydrogens (tertiary/aromatic N) is 8. The Morgan fingerprint density at radius 3 is 2.08 bits per heavy atom. The predicted octanol–water partition coefficient (Wildman–Crippen LogP) is 3.54. The van der Waals surface area contributed by atoms with E-state index in [2.05, 4.69) is 61.0 Å². The molecule has 2 aliphatic heterocycles. The van der Waals surface area contributed by atoms with Crippen LogP contribution in [0.4, 0.5) is 17.3 Å². The Labute approximate surface area is 233 Å². The van der Waals surface area contributed by atoms with E-state index in [0.29, 0.717) is 16.5 Å². The van der Waals surface area contributed by atoms with Crippen molar-refractivity contribution < 1.29 is 9.47 Å². The molecule has 39 heavy (non-hydrogen) atoms. The van der Waals surface area contributed by atoms with E-state index in [9.17, 15) is 0 Å². The molecule has 2 saturated heterocycles. The first-order valence-corrected chi connectivity index (χ1v) is 13.6. The van der Waals surface area contributed by atoms with Gasteiger partial charge in [-0.2, -0.15) is 0 Å². The van der Waals surface area contributed by atoms with Gasteiger partial charge in [-0.05, 0) is 19.2 Å². The number of hydrogen-bond donors (Lipinski definition) is 0. The SMILES string of the molecule is COc1cc(OC)c(-c2cn3ccc(N4CCN(c5cc(N6CCN(C)CC6)ncn5)CC4)cc3n2)cc1Cl. The molecule has 3 aromatic heterocycles. The van der Waals surface area contributed by atoms with Crippen LogP contribution < -0.4 is 24.2 Å². The molecule has 2 fully saturated rings. The number of imidazole rings is 1. The summed E-state index contributed by atoms with van der Waals surface area (Å²) in [6, 6.07) is 10.0. The molecular formula is C28H33ClN8O2. The van der Waals surface area contributed by atoms with E-state index in [1.807, 2.05) is 16.7 Å². The molecule has 0 spiro atoms. The van der Waals surface area contributed by atoms with Crippen LogP contribution >= 0.6 is 11.6 Å². The quantitative estimate of drug-likeness (QED) is 0.359. The molecule has 0 unspecified atom stereocenters. The van der Waals surface area contributed by atoms with Crippen molar-refractivity contribution in [1.82, 2.24) is 24.3 Å². The van der Waals surface area contributed by atoms with E-state index in [0.717, 1.165) is 86.6 Å². The van der Waals surface area contributed by atoms with Crippen LogP contribution in [-0.4, -0.2) is 97.9 Å². The van der Waals surface area contributed by atoms with Crippen molar-refractivity contribution in [3.63, 3.8) is 0 Å². The van der Waals surface area contributed by atoms with Crippen LogP contribution in [0.15, 0.2) is 49.1 Å². The number of ether oxygens (including phenoxy) is 2. The van der Waals surface area contributed by atoms with Gasteiger partial charge in [-0.25, -0.2) is 15.0 Å². The number of likely N-dealkylation sites (N-methyl/N-ethyl adjacent to an activating group) is 1. The van der Waals surface area contributed by atoms with Crippen LogP contribution in [0.25, 0.3) is 16.9 Å². The van der Waals surface area contributed by atoms with Gasteiger partial charge >= 0.3 is 0 Å². The smallest absolute Gasteiger partial charge is 0.141 e. The zero-order valence-electron chi connectivity index (χ0n) is 22.5. The van der Waals surface area contributed by atoms with Gasteiger partial charge in [0.25, 0.3) is 0 Å². The summed E-state index contributed by atoms with van der Waals surface area (Å²) in [4.78, 5) is 23.5. The standard InChI is InChI=1S/C28H33ClN8O2/c1-33-6-8-35(9-7-33)26-17-27(31-19-30-26)36-12-10-34(11-13-36)20-4-5-37-18-23(32-28(37)14-20)21-15-22(29)25(39-3)16-24(21)38-2/h4-5,14-19H,6-13H2,1-3H3. The molecule has 0 amide bonds. The molecule has 0 N–H and O–H groups in total. The summed E-state index contributed by atoms with van der Waals surface area (Å²) in [5, 5.41) is 0.517. The summed E-state index contributed by atoms with van der Waals surface area (Å²) < 4.78 is 12.9. The second-order valence-electron chi connectivity index (χ2n) is 9.96. The van der Waals surface area contributed by atoms with E-state index >= 15 is 0 Å². The third-order valence-corrected chi connectivity index (χ3v) is 7.92.